The molecule has 0 saturated carbocycles. The Morgan fingerprint density at radius 3 is 2.90 bits per heavy atom. The van der Waals surface area contributed by atoms with Gasteiger partial charge in [-0.3, -0.25) is 4.40 Å². The first-order chi connectivity index (χ1) is 10.2. The lowest BCUT2D eigenvalue weighted by Gasteiger charge is -2.08. The molecule has 0 unspecified atom stereocenters. The summed E-state index contributed by atoms with van der Waals surface area (Å²) >= 11 is 5.98. The maximum atomic E-state index is 6.00. The third-order valence-electron chi connectivity index (χ3n) is 3.28. The minimum Gasteiger partial charge on any atom is -0.437 e. The molecule has 1 aromatic carbocycles. The molecule has 4 nitrogen and oxygen atoms in total. The van der Waals surface area contributed by atoms with Crippen LogP contribution in [0, 0.1) is 6.92 Å². The summed E-state index contributed by atoms with van der Waals surface area (Å²) < 4.78 is 8.03. The number of benzene rings is 1. The zero-order chi connectivity index (χ0) is 14.8. The molecule has 21 heavy (non-hydrogen) atoms. The average Bonchev–Trinajstić information content (AvgIpc) is 2.81. The smallest absolute Gasteiger partial charge is 0.242 e. The lowest BCUT2D eigenvalue weighted by atomic mass is 10.2. The maximum absolute atomic E-state index is 6.00. The minimum absolute atomic E-state index is 0.612. The second kappa shape index (κ2) is 5.76. The van der Waals surface area contributed by atoms with E-state index >= 15 is 0 Å². The van der Waals surface area contributed by atoms with Crippen LogP contribution < -0.4 is 10.1 Å². The van der Waals surface area contributed by atoms with Crippen LogP contribution in [0.5, 0.6) is 11.6 Å². The number of ether oxygens (including phenoxy) is 1. The molecular formula is C16H16ClN3O. The number of halogens is 1. The number of nitrogens with one attached hydrogen (secondary N) is 1. The van der Waals surface area contributed by atoms with Gasteiger partial charge in [0.2, 0.25) is 5.88 Å². The number of aromatic nitrogens is 2. The molecule has 0 aliphatic rings. The predicted molar refractivity (Wildman–Crippen MR) is 84.2 cm³/mol. The van der Waals surface area contributed by atoms with Crippen LogP contribution in [0.4, 0.5) is 0 Å². The van der Waals surface area contributed by atoms with Crippen molar-refractivity contribution < 1.29 is 4.74 Å². The van der Waals surface area contributed by atoms with E-state index in [1.165, 1.54) is 0 Å². The van der Waals surface area contributed by atoms with Crippen molar-refractivity contribution in [3.05, 3.63) is 58.9 Å². The molecule has 0 saturated heterocycles. The maximum Gasteiger partial charge on any atom is 0.242 e. The highest BCUT2D eigenvalue weighted by Crippen LogP contribution is 2.29. The number of hydrogen-bond acceptors (Lipinski definition) is 3. The van der Waals surface area contributed by atoms with Crippen molar-refractivity contribution in [3.63, 3.8) is 0 Å². The van der Waals surface area contributed by atoms with E-state index in [1.807, 2.05) is 61.0 Å². The Morgan fingerprint density at radius 1 is 1.29 bits per heavy atom. The van der Waals surface area contributed by atoms with Gasteiger partial charge < -0.3 is 10.1 Å². The number of pyridine rings is 1. The summed E-state index contributed by atoms with van der Waals surface area (Å²) in [7, 11) is 1.90. The van der Waals surface area contributed by atoms with Crippen molar-refractivity contribution in [1.29, 1.82) is 0 Å². The fourth-order valence-corrected chi connectivity index (χ4v) is 2.49. The van der Waals surface area contributed by atoms with Gasteiger partial charge in [-0.1, -0.05) is 17.7 Å². The molecule has 0 amide bonds. The van der Waals surface area contributed by atoms with Crippen molar-refractivity contribution in [3.8, 4) is 11.6 Å². The van der Waals surface area contributed by atoms with Gasteiger partial charge in [-0.2, -0.15) is 4.98 Å². The standard InChI is InChI=1S/C16H16ClN3O/c1-11-9-12(17)6-7-14(11)21-16-13(10-18-2)20-8-4-3-5-15(20)19-16/h3-9,18H,10H2,1-2H3. The first-order valence-electron chi connectivity index (χ1n) is 6.73. The van der Waals surface area contributed by atoms with Crippen molar-refractivity contribution in [2.24, 2.45) is 0 Å². The van der Waals surface area contributed by atoms with E-state index in [4.69, 9.17) is 16.3 Å². The highest BCUT2D eigenvalue weighted by Gasteiger charge is 2.14. The van der Waals surface area contributed by atoms with Gasteiger partial charge in [-0.15, -0.1) is 0 Å². The zero-order valence-electron chi connectivity index (χ0n) is 11.9. The molecule has 3 aromatic rings. The molecular weight excluding hydrogens is 286 g/mol. The Hall–Kier alpha value is -2.04. The van der Waals surface area contributed by atoms with Gasteiger partial charge in [0.05, 0.1) is 0 Å². The molecule has 1 N–H and O–H groups in total. The van der Waals surface area contributed by atoms with Crippen LogP contribution in [-0.2, 0) is 6.54 Å². The first-order valence-corrected chi connectivity index (χ1v) is 7.11. The van der Waals surface area contributed by atoms with E-state index in [2.05, 4.69) is 10.3 Å². The SMILES string of the molecule is CNCc1c(Oc2ccc(Cl)cc2C)nc2ccccn12. The first kappa shape index (κ1) is 13.9. The van der Waals surface area contributed by atoms with Gasteiger partial charge in [-0.25, -0.2) is 0 Å². The number of rotatable bonds is 4. The van der Waals surface area contributed by atoms with Crippen LogP contribution >= 0.6 is 11.6 Å². The molecule has 0 radical (unpaired) electrons. The molecule has 3 rings (SSSR count). The Labute approximate surface area is 128 Å². The van der Waals surface area contributed by atoms with Crippen molar-refractivity contribution >= 4 is 17.2 Å². The normalized spacial score (nSPS) is 11.0. The average molecular weight is 302 g/mol. The molecule has 5 heteroatoms. The van der Waals surface area contributed by atoms with Gasteiger partial charge in [0, 0.05) is 17.8 Å². The summed E-state index contributed by atoms with van der Waals surface area (Å²) in [6.45, 7) is 2.64. The highest BCUT2D eigenvalue weighted by molar-refractivity contribution is 6.30. The van der Waals surface area contributed by atoms with Crippen LogP contribution in [0.15, 0.2) is 42.6 Å². The lowest BCUT2D eigenvalue weighted by Crippen LogP contribution is -2.08. The molecule has 0 spiro atoms. The summed E-state index contributed by atoms with van der Waals surface area (Å²) in [5.74, 6) is 1.38. The van der Waals surface area contributed by atoms with Gasteiger partial charge in [0.1, 0.15) is 17.1 Å². The molecule has 0 aliphatic carbocycles. The quantitative estimate of drug-likeness (QED) is 0.796. The molecule has 0 atom stereocenters. The van der Waals surface area contributed by atoms with Crippen LogP contribution in [0.2, 0.25) is 5.02 Å². The number of hydrogen-bond donors (Lipinski definition) is 1. The summed E-state index contributed by atoms with van der Waals surface area (Å²) in [5, 5.41) is 3.85. The van der Waals surface area contributed by atoms with Gasteiger partial charge in [0.25, 0.3) is 0 Å². The van der Waals surface area contributed by atoms with Crippen molar-refractivity contribution in [2.75, 3.05) is 7.05 Å². The number of nitrogens with zero attached hydrogens (tertiary/aromatic N) is 2. The monoisotopic (exact) mass is 301 g/mol. The van der Waals surface area contributed by atoms with E-state index in [-0.39, 0.29) is 0 Å². The van der Waals surface area contributed by atoms with E-state index in [9.17, 15) is 0 Å². The lowest BCUT2D eigenvalue weighted by molar-refractivity contribution is 0.454. The Morgan fingerprint density at radius 2 is 2.14 bits per heavy atom. The molecule has 0 fully saturated rings. The van der Waals surface area contributed by atoms with Crippen molar-refractivity contribution in [1.82, 2.24) is 14.7 Å². The van der Waals surface area contributed by atoms with Crippen LogP contribution in [0.1, 0.15) is 11.3 Å². The Bertz CT molecular complexity index is 782. The second-order valence-electron chi connectivity index (χ2n) is 4.83. The van der Waals surface area contributed by atoms with Crippen LogP contribution in [0.25, 0.3) is 5.65 Å². The van der Waals surface area contributed by atoms with Gasteiger partial charge >= 0.3 is 0 Å². The molecule has 2 aromatic heterocycles. The topological polar surface area (TPSA) is 38.6 Å². The fraction of sp³-hybridized carbons (Fsp3) is 0.188. The summed E-state index contributed by atoms with van der Waals surface area (Å²) in [4.78, 5) is 4.56. The Kier molecular flexibility index (Phi) is 3.82. The van der Waals surface area contributed by atoms with E-state index in [0.717, 1.165) is 22.7 Å². The number of imidazole rings is 1. The van der Waals surface area contributed by atoms with Crippen LogP contribution in [-0.4, -0.2) is 16.4 Å². The third kappa shape index (κ3) is 2.73. The third-order valence-corrected chi connectivity index (χ3v) is 3.52. The molecule has 2 heterocycles. The molecule has 0 aliphatic heterocycles. The number of fused-ring (bicyclic) bond motifs is 1. The van der Waals surface area contributed by atoms with Crippen molar-refractivity contribution in [2.45, 2.75) is 13.5 Å². The van der Waals surface area contributed by atoms with Gasteiger partial charge in [0.15, 0.2) is 0 Å². The Balaban J connectivity index is 2.05. The largest absolute Gasteiger partial charge is 0.437 e. The predicted octanol–water partition coefficient (Wildman–Crippen LogP) is 3.81. The summed E-state index contributed by atoms with van der Waals surface area (Å²) in [5.41, 5.74) is 2.83. The highest BCUT2D eigenvalue weighted by atomic mass is 35.5. The zero-order valence-corrected chi connectivity index (χ0v) is 12.7. The van der Waals surface area contributed by atoms with Crippen LogP contribution in [0.3, 0.4) is 0 Å². The molecule has 0 bridgehead atoms. The van der Waals surface area contributed by atoms with Gasteiger partial charge in [-0.05, 0) is 49.9 Å². The summed E-state index contributed by atoms with van der Waals surface area (Å²) in [6, 6.07) is 11.5. The van der Waals surface area contributed by atoms with E-state index in [1.54, 1.807) is 0 Å². The summed E-state index contributed by atoms with van der Waals surface area (Å²) in [6.07, 6.45) is 1.98. The minimum atomic E-state index is 0.612. The van der Waals surface area contributed by atoms with E-state index < -0.39 is 0 Å². The van der Waals surface area contributed by atoms with E-state index in [0.29, 0.717) is 17.4 Å². The second-order valence-corrected chi connectivity index (χ2v) is 5.27. The fourth-order valence-electron chi connectivity index (χ4n) is 2.27. The molecule has 108 valence electrons. The number of aryl methyl sites for hydroxylation is 1.